The molecule has 0 spiro atoms. The molecule has 1 unspecified atom stereocenters. The van der Waals surface area contributed by atoms with Crippen LogP contribution in [0, 0.1) is 5.92 Å². The minimum atomic E-state index is -4.34. The van der Waals surface area contributed by atoms with Crippen LogP contribution in [0.1, 0.15) is 49.5 Å². The third-order valence-electron chi connectivity index (χ3n) is 4.30. The van der Waals surface area contributed by atoms with E-state index >= 15 is 0 Å². The molecule has 0 saturated heterocycles. The van der Waals surface area contributed by atoms with E-state index in [1.807, 2.05) is 0 Å². The number of aromatic amines is 1. The molecule has 1 aromatic heterocycles. The van der Waals surface area contributed by atoms with Gasteiger partial charge in [-0.1, -0.05) is 19.3 Å². The van der Waals surface area contributed by atoms with Gasteiger partial charge in [-0.25, -0.2) is 4.98 Å². The van der Waals surface area contributed by atoms with Crippen LogP contribution in [0.25, 0.3) is 11.0 Å². The number of fused-ring (bicyclic) bond motifs is 1. The van der Waals surface area contributed by atoms with Crippen molar-refractivity contribution in [3.63, 3.8) is 0 Å². The van der Waals surface area contributed by atoms with E-state index in [1.165, 1.54) is 12.5 Å². The van der Waals surface area contributed by atoms with E-state index in [0.717, 1.165) is 37.8 Å². The number of alkyl halides is 3. The molecule has 1 aliphatic rings. The Hall–Kier alpha value is -1.56. The van der Waals surface area contributed by atoms with E-state index < -0.39 is 11.7 Å². The molecule has 1 heterocycles. The number of benzene rings is 1. The van der Waals surface area contributed by atoms with Crippen molar-refractivity contribution >= 4 is 11.0 Å². The highest BCUT2D eigenvalue weighted by Gasteiger charge is 2.31. The van der Waals surface area contributed by atoms with Gasteiger partial charge in [0, 0.05) is 0 Å². The number of imidazole rings is 1. The maximum Gasteiger partial charge on any atom is 0.416 e. The number of nitrogens with two attached hydrogens (primary N) is 1. The van der Waals surface area contributed by atoms with Crippen molar-refractivity contribution in [3.05, 3.63) is 29.6 Å². The maximum atomic E-state index is 12.7. The normalized spacial score (nSPS) is 19.0. The Morgan fingerprint density at radius 2 is 1.90 bits per heavy atom. The van der Waals surface area contributed by atoms with Crippen molar-refractivity contribution in [2.75, 3.05) is 0 Å². The van der Waals surface area contributed by atoms with Crippen molar-refractivity contribution in [2.24, 2.45) is 11.7 Å². The summed E-state index contributed by atoms with van der Waals surface area (Å²) in [6.07, 6.45) is 1.34. The fraction of sp³-hybridized carbons (Fsp3) is 0.533. The lowest BCUT2D eigenvalue weighted by molar-refractivity contribution is -0.137. The molecule has 1 saturated carbocycles. The van der Waals surface area contributed by atoms with Crippen LogP contribution in [-0.2, 0) is 6.18 Å². The highest BCUT2D eigenvalue weighted by Crippen LogP contribution is 2.34. The van der Waals surface area contributed by atoms with Crippen molar-refractivity contribution in [3.8, 4) is 0 Å². The highest BCUT2D eigenvalue weighted by atomic mass is 19.4. The van der Waals surface area contributed by atoms with Gasteiger partial charge in [0.05, 0.1) is 22.6 Å². The average Bonchev–Trinajstić information content (AvgIpc) is 2.89. The largest absolute Gasteiger partial charge is 0.416 e. The lowest BCUT2D eigenvalue weighted by atomic mass is 9.84. The maximum absolute atomic E-state index is 12.7. The summed E-state index contributed by atoms with van der Waals surface area (Å²) < 4.78 is 38.1. The van der Waals surface area contributed by atoms with Crippen molar-refractivity contribution in [2.45, 2.75) is 44.3 Å². The van der Waals surface area contributed by atoms with Gasteiger partial charge in [0.25, 0.3) is 0 Å². The summed E-state index contributed by atoms with van der Waals surface area (Å²) in [4.78, 5) is 7.33. The second-order valence-corrected chi connectivity index (χ2v) is 5.78. The molecule has 1 aromatic carbocycles. The number of nitrogens with one attached hydrogen (secondary N) is 1. The monoisotopic (exact) mass is 297 g/mol. The number of hydrogen-bond donors (Lipinski definition) is 2. The molecular weight excluding hydrogens is 279 g/mol. The van der Waals surface area contributed by atoms with Crippen LogP contribution >= 0.6 is 0 Å². The molecule has 0 radical (unpaired) electrons. The lowest BCUT2D eigenvalue weighted by Crippen LogP contribution is -2.24. The second-order valence-electron chi connectivity index (χ2n) is 5.78. The number of aromatic nitrogens is 2. The lowest BCUT2D eigenvalue weighted by Gasteiger charge is -2.26. The van der Waals surface area contributed by atoms with Gasteiger partial charge in [0.15, 0.2) is 0 Å². The molecule has 0 amide bonds. The van der Waals surface area contributed by atoms with E-state index in [1.54, 1.807) is 0 Å². The molecule has 2 aromatic rings. The van der Waals surface area contributed by atoms with Gasteiger partial charge in [-0.2, -0.15) is 13.2 Å². The van der Waals surface area contributed by atoms with Gasteiger partial charge in [0.1, 0.15) is 5.82 Å². The highest BCUT2D eigenvalue weighted by molar-refractivity contribution is 5.76. The molecular formula is C15H18F3N3. The fourth-order valence-corrected chi connectivity index (χ4v) is 3.08. The van der Waals surface area contributed by atoms with Crippen LogP contribution in [0.4, 0.5) is 13.2 Å². The molecule has 1 aliphatic carbocycles. The molecule has 3 rings (SSSR count). The zero-order valence-electron chi connectivity index (χ0n) is 11.6. The number of hydrogen-bond acceptors (Lipinski definition) is 2. The first-order valence-electron chi connectivity index (χ1n) is 7.27. The standard InChI is InChI=1S/C15H18F3N3/c16-15(17,18)10-6-7-11-12(8-10)21-14(20-11)13(19)9-4-2-1-3-5-9/h6-9,13H,1-5,19H2,(H,20,21). The zero-order chi connectivity index (χ0) is 15.0. The number of H-pyrrole nitrogens is 1. The molecule has 0 bridgehead atoms. The molecule has 3 nitrogen and oxygen atoms in total. The van der Waals surface area contributed by atoms with Crippen LogP contribution in [0.2, 0.25) is 0 Å². The first kappa shape index (κ1) is 14.4. The fourth-order valence-electron chi connectivity index (χ4n) is 3.08. The van der Waals surface area contributed by atoms with Gasteiger partial charge in [0.2, 0.25) is 0 Å². The smallest absolute Gasteiger partial charge is 0.341 e. The quantitative estimate of drug-likeness (QED) is 0.874. The Kier molecular flexibility index (Phi) is 3.65. The molecule has 1 atom stereocenters. The van der Waals surface area contributed by atoms with Gasteiger partial charge in [-0.15, -0.1) is 0 Å². The van der Waals surface area contributed by atoms with Crippen LogP contribution in [0.3, 0.4) is 0 Å². The van der Waals surface area contributed by atoms with Gasteiger partial charge < -0.3 is 10.7 Å². The first-order valence-corrected chi connectivity index (χ1v) is 7.27. The molecule has 0 aliphatic heterocycles. The molecule has 6 heteroatoms. The van der Waals surface area contributed by atoms with Crippen molar-refractivity contribution in [1.29, 1.82) is 0 Å². The topological polar surface area (TPSA) is 54.7 Å². The Labute approximate surface area is 120 Å². The summed E-state index contributed by atoms with van der Waals surface area (Å²) >= 11 is 0. The Morgan fingerprint density at radius 1 is 1.19 bits per heavy atom. The Balaban J connectivity index is 1.89. The van der Waals surface area contributed by atoms with E-state index in [0.29, 0.717) is 22.8 Å². The van der Waals surface area contributed by atoms with Crippen LogP contribution in [0.5, 0.6) is 0 Å². The van der Waals surface area contributed by atoms with Crippen molar-refractivity contribution < 1.29 is 13.2 Å². The number of rotatable bonds is 2. The van der Waals surface area contributed by atoms with Crippen LogP contribution < -0.4 is 5.73 Å². The molecule has 3 N–H and O–H groups in total. The SMILES string of the molecule is NC(c1nc2ccc(C(F)(F)F)cc2[nH]1)C1CCCCC1. The molecule has 1 fully saturated rings. The first-order chi connectivity index (χ1) is 9.95. The third kappa shape index (κ3) is 2.90. The van der Waals surface area contributed by atoms with Gasteiger partial charge in [-0.3, -0.25) is 0 Å². The predicted molar refractivity (Wildman–Crippen MR) is 74.6 cm³/mol. The summed E-state index contributed by atoms with van der Waals surface area (Å²) in [7, 11) is 0. The van der Waals surface area contributed by atoms with E-state index in [2.05, 4.69) is 9.97 Å². The number of halogens is 3. The Bertz CT molecular complexity index is 627. The molecule has 114 valence electrons. The third-order valence-corrected chi connectivity index (χ3v) is 4.30. The van der Waals surface area contributed by atoms with Crippen molar-refractivity contribution in [1.82, 2.24) is 9.97 Å². The van der Waals surface area contributed by atoms with E-state index in [-0.39, 0.29) is 6.04 Å². The predicted octanol–water partition coefficient (Wildman–Crippen LogP) is 4.16. The minimum absolute atomic E-state index is 0.230. The van der Waals surface area contributed by atoms with Crippen LogP contribution in [0.15, 0.2) is 18.2 Å². The van der Waals surface area contributed by atoms with E-state index in [9.17, 15) is 13.2 Å². The number of nitrogens with zero attached hydrogens (tertiary/aromatic N) is 1. The molecule has 21 heavy (non-hydrogen) atoms. The van der Waals surface area contributed by atoms with Crippen LogP contribution in [-0.4, -0.2) is 9.97 Å². The average molecular weight is 297 g/mol. The van der Waals surface area contributed by atoms with Gasteiger partial charge in [-0.05, 0) is 37.0 Å². The zero-order valence-corrected chi connectivity index (χ0v) is 11.6. The summed E-state index contributed by atoms with van der Waals surface area (Å²) in [5, 5.41) is 0. The minimum Gasteiger partial charge on any atom is -0.341 e. The summed E-state index contributed by atoms with van der Waals surface area (Å²) in [6, 6.07) is 3.32. The second kappa shape index (κ2) is 5.33. The summed E-state index contributed by atoms with van der Waals surface area (Å²) in [5.74, 6) is 0.956. The summed E-state index contributed by atoms with van der Waals surface area (Å²) in [6.45, 7) is 0. The van der Waals surface area contributed by atoms with E-state index in [4.69, 9.17) is 5.73 Å². The van der Waals surface area contributed by atoms with Gasteiger partial charge >= 0.3 is 6.18 Å². The summed E-state index contributed by atoms with van der Waals surface area (Å²) in [5.41, 5.74) is 6.50. The Morgan fingerprint density at radius 3 is 2.57 bits per heavy atom.